The van der Waals surface area contributed by atoms with Gasteiger partial charge in [-0.15, -0.1) is 0 Å². The Bertz CT molecular complexity index is 205. The third-order valence-electron chi connectivity index (χ3n) is 3.33. The minimum Gasteiger partial charge on any atom is -0.317 e. The molecular formula is C10H17F3N2. The molecule has 2 fully saturated rings. The fourth-order valence-electron chi connectivity index (χ4n) is 2.54. The van der Waals surface area contributed by atoms with Crippen molar-refractivity contribution >= 4 is 0 Å². The van der Waals surface area contributed by atoms with Gasteiger partial charge in [-0.2, -0.15) is 13.2 Å². The quantitative estimate of drug-likeness (QED) is 0.763. The van der Waals surface area contributed by atoms with Crippen LogP contribution in [0, 0.1) is 5.92 Å². The lowest BCUT2D eigenvalue weighted by molar-refractivity contribution is -0.158. The van der Waals surface area contributed by atoms with Crippen molar-refractivity contribution in [3.63, 3.8) is 0 Å². The first kappa shape index (κ1) is 11.2. The third-order valence-corrected chi connectivity index (χ3v) is 3.33. The predicted molar refractivity (Wildman–Crippen MR) is 51.6 cm³/mol. The van der Waals surface area contributed by atoms with Gasteiger partial charge in [0.1, 0.15) is 0 Å². The van der Waals surface area contributed by atoms with Gasteiger partial charge in [0.2, 0.25) is 0 Å². The first-order valence-corrected chi connectivity index (χ1v) is 5.56. The molecule has 2 heterocycles. The number of hydrogen-bond donors (Lipinski definition) is 1. The lowest BCUT2D eigenvalue weighted by Gasteiger charge is -2.46. The largest absolute Gasteiger partial charge is 0.389 e. The molecule has 2 saturated heterocycles. The Morgan fingerprint density at radius 1 is 1.13 bits per heavy atom. The summed E-state index contributed by atoms with van der Waals surface area (Å²) in [4.78, 5) is 2.21. The van der Waals surface area contributed by atoms with Crippen LogP contribution in [0.25, 0.3) is 0 Å². The first-order chi connectivity index (χ1) is 7.04. The van der Waals surface area contributed by atoms with Gasteiger partial charge in [-0.3, -0.25) is 4.90 Å². The molecule has 0 aliphatic carbocycles. The van der Waals surface area contributed by atoms with E-state index >= 15 is 0 Å². The van der Waals surface area contributed by atoms with Crippen LogP contribution in [0.5, 0.6) is 0 Å². The molecule has 0 aromatic heterocycles. The maximum Gasteiger partial charge on any atom is 0.389 e. The molecule has 1 N–H and O–H groups in total. The van der Waals surface area contributed by atoms with Crippen molar-refractivity contribution in [1.82, 2.24) is 10.2 Å². The van der Waals surface area contributed by atoms with Gasteiger partial charge >= 0.3 is 6.18 Å². The molecule has 0 bridgehead atoms. The van der Waals surface area contributed by atoms with Gasteiger partial charge in [-0.25, -0.2) is 0 Å². The number of nitrogens with zero attached hydrogens (tertiary/aromatic N) is 1. The van der Waals surface area contributed by atoms with Crippen molar-refractivity contribution in [2.45, 2.75) is 31.5 Å². The molecular weight excluding hydrogens is 205 g/mol. The number of alkyl halides is 3. The van der Waals surface area contributed by atoms with Gasteiger partial charge < -0.3 is 5.32 Å². The molecule has 2 aliphatic heterocycles. The molecule has 0 aromatic carbocycles. The van der Waals surface area contributed by atoms with Gasteiger partial charge in [-0.1, -0.05) is 0 Å². The summed E-state index contributed by atoms with van der Waals surface area (Å²) in [6.45, 7) is 3.30. The van der Waals surface area contributed by atoms with Crippen LogP contribution in [-0.2, 0) is 0 Å². The average molecular weight is 222 g/mol. The minimum atomic E-state index is -3.98. The predicted octanol–water partition coefficient (Wildman–Crippen LogP) is 1.62. The molecule has 5 heteroatoms. The van der Waals surface area contributed by atoms with Crippen LogP contribution in [0.4, 0.5) is 13.2 Å². The number of likely N-dealkylation sites (tertiary alicyclic amines) is 1. The van der Waals surface area contributed by atoms with Gasteiger partial charge in [0.15, 0.2) is 0 Å². The number of halogens is 3. The van der Waals surface area contributed by atoms with Crippen LogP contribution in [-0.4, -0.2) is 43.3 Å². The van der Waals surface area contributed by atoms with Gasteiger partial charge in [0.05, 0.1) is 0 Å². The third kappa shape index (κ3) is 3.08. The lowest BCUT2D eigenvalue weighted by Crippen LogP contribution is -2.55. The highest BCUT2D eigenvalue weighted by molar-refractivity contribution is 4.88. The van der Waals surface area contributed by atoms with Gasteiger partial charge in [0.25, 0.3) is 0 Å². The first-order valence-electron chi connectivity index (χ1n) is 5.56. The second-order valence-corrected chi connectivity index (χ2v) is 4.62. The van der Waals surface area contributed by atoms with Crippen molar-refractivity contribution in [2.24, 2.45) is 5.92 Å². The topological polar surface area (TPSA) is 15.3 Å². The van der Waals surface area contributed by atoms with E-state index in [2.05, 4.69) is 10.2 Å². The van der Waals surface area contributed by atoms with Crippen molar-refractivity contribution in [3.8, 4) is 0 Å². The van der Waals surface area contributed by atoms with Crippen LogP contribution in [0.1, 0.15) is 19.3 Å². The molecule has 0 amide bonds. The molecule has 2 rings (SSSR count). The fourth-order valence-corrected chi connectivity index (χ4v) is 2.54. The molecule has 88 valence electrons. The van der Waals surface area contributed by atoms with Crippen molar-refractivity contribution in [1.29, 1.82) is 0 Å². The van der Waals surface area contributed by atoms with E-state index in [0.717, 1.165) is 25.9 Å². The van der Waals surface area contributed by atoms with Crippen LogP contribution in [0.3, 0.4) is 0 Å². The molecule has 0 radical (unpaired) electrons. The Kier molecular flexibility index (Phi) is 3.21. The Labute approximate surface area is 87.8 Å². The summed E-state index contributed by atoms with van der Waals surface area (Å²) in [6.07, 6.45) is -2.42. The van der Waals surface area contributed by atoms with Crippen LogP contribution < -0.4 is 5.32 Å². The highest BCUT2D eigenvalue weighted by Crippen LogP contribution is 2.32. The van der Waals surface area contributed by atoms with E-state index in [1.165, 1.54) is 0 Å². The number of hydrogen-bond acceptors (Lipinski definition) is 2. The van der Waals surface area contributed by atoms with E-state index in [9.17, 15) is 13.2 Å². The molecule has 2 aliphatic rings. The summed E-state index contributed by atoms with van der Waals surface area (Å²) in [6, 6.07) is 0.524. The standard InChI is InChI=1S/C10H17F3N2/c11-10(12,13)5-8-6-15(7-8)9-1-3-14-4-2-9/h8-9,14H,1-7H2. The van der Waals surface area contributed by atoms with Crippen LogP contribution in [0.15, 0.2) is 0 Å². The maximum absolute atomic E-state index is 12.1. The Morgan fingerprint density at radius 3 is 2.27 bits per heavy atom. The Morgan fingerprint density at radius 2 is 1.73 bits per heavy atom. The van der Waals surface area contributed by atoms with Gasteiger partial charge in [0, 0.05) is 25.6 Å². The summed E-state index contributed by atoms with van der Waals surface area (Å²) in [5, 5.41) is 3.26. The average Bonchev–Trinajstić information content (AvgIpc) is 2.11. The highest BCUT2D eigenvalue weighted by Gasteiger charge is 2.40. The highest BCUT2D eigenvalue weighted by atomic mass is 19.4. The number of rotatable bonds is 2. The molecule has 15 heavy (non-hydrogen) atoms. The fraction of sp³-hybridized carbons (Fsp3) is 1.00. The lowest BCUT2D eigenvalue weighted by atomic mass is 9.91. The Balaban J connectivity index is 1.68. The summed E-state index contributed by atoms with van der Waals surface area (Å²) in [5.74, 6) is -0.153. The number of nitrogens with one attached hydrogen (secondary N) is 1. The second kappa shape index (κ2) is 4.29. The Hall–Kier alpha value is -0.290. The molecule has 2 nitrogen and oxygen atoms in total. The summed E-state index contributed by atoms with van der Waals surface area (Å²) in [5.41, 5.74) is 0. The zero-order chi connectivity index (χ0) is 10.9. The monoisotopic (exact) mass is 222 g/mol. The van der Waals surface area contributed by atoms with Crippen molar-refractivity contribution in [3.05, 3.63) is 0 Å². The second-order valence-electron chi connectivity index (χ2n) is 4.62. The summed E-state index contributed by atoms with van der Waals surface area (Å²) < 4.78 is 36.2. The van der Waals surface area contributed by atoms with E-state index in [1.807, 2.05) is 0 Å². The van der Waals surface area contributed by atoms with Crippen molar-refractivity contribution in [2.75, 3.05) is 26.2 Å². The summed E-state index contributed by atoms with van der Waals surface area (Å²) >= 11 is 0. The van der Waals surface area contributed by atoms with Gasteiger partial charge in [-0.05, 0) is 31.8 Å². The smallest absolute Gasteiger partial charge is 0.317 e. The molecule has 0 unspecified atom stereocenters. The zero-order valence-corrected chi connectivity index (χ0v) is 8.69. The number of piperidine rings is 1. The van der Waals surface area contributed by atoms with Crippen LogP contribution in [0.2, 0.25) is 0 Å². The molecule has 0 spiro atoms. The zero-order valence-electron chi connectivity index (χ0n) is 8.69. The van der Waals surface area contributed by atoms with Crippen molar-refractivity contribution < 1.29 is 13.2 Å². The van der Waals surface area contributed by atoms with E-state index in [4.69, 9.17) is 0 Å². The van der Waals surface area contributed by atoms with E-state index < -0.39 is 12.6 Å². The van der Waals surface area contributed by atoms with E-state index in [1.54, 1.807) is 0 Å². The van der Waals surface area contributed by atoms with E-state index in [0.29, 0.717) is 19.1 Å². The minimum absolute atomic E-state index is 0.153. The van der Waals surface area contributed by atoms with E-state index in [-0.39, 0.29) is 5.92 Å². The molecule has 0 aromatic rings. The maximum atomic E-state index is 12.1. The molecule has 0 atom stereocenters. The molecule has 0 saturated carbocycles. The van der Waals surface area contributed by atoms with Crippen LogP contribution >= 0.6 is 0 Å². The summed E-state index contributed by atoms with van der Waals surface area (Å²) in [7, 11) is 0. The SMILES string of the molecule is FC(F)(F)CC1CN(C2CCNCC2)C1. The normalized spacial score (nSPS) is 26.6.